The number of hydrogen-bond donors (Lipinski definition) is 2. The molecule has 2 atom stereocenters. The molecule has 0 aliphatic carbocycles. The maximum atomic E-state index is 10.4. The second-order valence-electron chi connectivity index (χ2n) is 4.82. The van der Waals surface area contributed by atoms with Gasteiger partial charge in [-0.05, 0) is 37.1 Å². The van der Waals surface area contributed by atoms with Gasteiger partial charge in [-0.1, -0.05) is 19.9 Å². The van der Waals surface area contributed by atoms with Crippen LogP contribution in [0.5, 0.6) is 11.5 Å². The fourth-order valence-electron chi connectivity index (χ4n) is 2.29. The first kappa shape index (κ1) is 14.2. The molecule has 0 fully saturated rings. The Kier molecular flexibility index (Phi) is 5.05. The molecule has 106 valence electrons. The van der Waals surface area contributed by atoms with E-state index in [4.69, 9.17) is 9.47 Å². The van der Waals surface area contributed by atoms with E-state index in [1.807, 2.05) is 18.2 Å². The Morgan fingerprint density at radius 2 is 1.95 bits per heavy atom. The Bertz CT molecular complexity index is 408. The topological polar surface area (TPSA) is 50.7 Å². The summed E-state index contributed by atoms with van der Waals surface area (Å²) < 4.78 is 11.0. The van der Waals surface area contributed by atoms with Crippen LogP contribution in [0.1, 0.15) is 38.4 Å². The molecule has 0 spiro atoms. The van der Waals surface area contributed by atoms with Gasteiger partial charge in [-0.2, -0.15) is 0 Å². The highest BCUT2D eigenvalue weighted by molar-refractivity contribution is 5.44. The lowest BCUT2D eigenvalue weighted by molar-refractivity contribution is 0.124. The Hall–Kier alpha value is -1.26. The second kappa shape index (κ2) is 6.78. The summed E-state index contributed by atoms with van der Waals surface area (Å²) >= 11 is 0. The SMILES string of the molecule is CCCNC(CC)C(O)c1ccc2c(c1)OCCO2. The zero-order valence-electron chi connectivity index (χ0n) is 11.7. The predicted octanol–water partition coefficient (Wildman–Crippen LogP) is 2.27. The van der Waals surface area contributed by atoms with Gasteiger partial charge in [0.15, 0.2) is 11.5 Å². The maximum absolute atomic E-state index is 10.4. The molecule has 0 amide bonds. The molecule has 1 aliphatic heterocycles. The molecule has 2 unspecified atom stereocenters. The fraction of sp³-hybridized carbons (Fsp3) is 0.600. The minimum Gasteiger partial charge on any atom is -0.486 e. The third-order valence-electron chi connectivity index (χ3n) is 3.39. The molecular formula is C15H23NO3. The van der Waals surface area contributed by atoms with Gasteiger partial charge in [0.25, 0.3) is 0 Å². The van der Waals surface area contributed by atoms with Crippen molar-refractivity contribution in [1.29, 1.82) is 0 Å². The van der Waals surface area contributed by atoms with Gasteiger partial charge in [0, 0.05) is 6.04 Å². The van der Waals surface area contributed by atoms with E-state index >= 15 is 0 Å². The summed E-state index contributed by atoms with van der Waals surface area (Å²) in [4.78, 5) is 0. The molecule has 2 rings (SSSR count). The van der Waals surface area contributed by atoms with Crippen molar-refractivity contribution in [2.45, 2.75) is 38.8 Å². The first-order chi connectivity index (χ1) is 9.26. The molecule has 19 heavy (non-hydrogen) atoms. The van der Waals surface area contributed by atoms with Crippen LogP contribution in [0.15, 0.2) is 18.2 Å². The van der Waals surface area contributed by atoms with Crippen LogP contribution < -0.4 is 14.8 Å². The number of benzene rings is 1. The molecule has 0 bridgehead atoms. The van der Waals surface area contributed by atoms with E-state index in [0.29, 0.717) is 13.2 Å². The second-order valence-corrected chi connectivity index (χ2v) is 4.82. The minimum atomic E-state index is -0.521. The number of rotatable bonds is 6. The highest BCUT2D eigenvalue weighted by Gasteiger charge is 2.21. The van der Waals surface area contributed by atoms with Gasteiger partial charge in [0.2, 0.25) is 0 Å². The summed E-state index contributed by atoms with van der Waals surface area (Å²) in [5.41, 5.74) is 0.875. The van der Waals surface area contributed by atoms with Gasteiger partial charge in [0.05, 0.1) is 6.10 Å². The summed E-state index contributed by atoms with van der Waals surface area (Å²) in [7, 11) is 0. The number of ether oxygens (including phenoxy) is 2. The molecule has 2 N–H and O–H groups in total. The summed E-state index contributed by atoms with van der Waals surface area (Å²) in [5, 5.41) is 13.8. The fourth-order valence-corrected chi connectivity index (χ4v) is 2.29. The van der Waals surface area contributed by atoms with Crippen molar-refractivity contribution < 1.29 is 14.6 Å². The molecule has 1 aromatic carbocycles. The molecule has 1 aromatic rings. The van der Waals surface area contributed by atoms with Gasteiger partial charge < -0.3 is 19.9 Å². The summed E-state index contributed by atoms with van der Waals surface area (Å²) in [5.74, 6) is 1.49. The Labute approximate surface area is 114 Å². The number of nitrogens with one attached hydrogen (secondary N) is 1. The van der Waals surface area contributed by atoms with Crippen LogP contribution in [-0.4, -0.2) is 30.9 Å². The standard InChI is InChI=1S/C15H23NO3/c1-3-7-16-12(4-2)15(17)11-5-6-13-14(10-11)19-9-8-18-13/h5-6,10,12,15-17H,3-4,7-9H2,1-2H3. The molecule has 0 saturated carbocycles. The molecule has 1 heterocycles. The van der Waals surface area contributed by atoms with Gasteiger partial charge in [-0.25, -0.2) is 0 Å². The zero-order valence-corrected chi connectivity index (χ0v) is 11.7. The minimum absolute atomic E-state index is 0.0718. The number of aliphatic hydroxyl groups is 1. The Morgan fingerprint density at radius 3 is 2.63 bits per heavy atom. The van der Waals surface area contributed by atoms with Crippen LogP contribution in [0, 0.1) is 0 Å². The van der Waals surface area contributed by atoms with Crippen LogP contribution in [0.3, 0.4) is 0 Å². The van der Waals surface area contributed by atoms with Crippen molar-refractivity contribution in [2.24, 2.45) is 0 Å². The van der Waals surface area contributed by atoms with Crippen molar-refractivity contribution >= 4 is 0 Å². The molecule has 1 aliphatic rings. The normalized spacial score (nSPS) is 17.0. The third kappa shape index (κ3) is 3.39. The average molecular weight is 265 g/mol. The van der Waals surface area contributed by atoms with Gasteiger partial charge in [0.1, 0.15) is 13.2 Å². The van der Waals surface area contributed by atoms with Crippen molar-refractivity contribution in [3.63, 3.8) is 0 Å². The first-order valence-corrected chi connectivity index (χ1v) is 7.07. The monoisotopic (exact) mass is 265 g/mol. The Balaban J connectivity index is 2.11. The Morgan fingerprint density at radius 1 is 1.21 bits per heavy atom. The van der Waals surface area contributed by atoms with Crippen molar-refractivity contribution in [3.8, 4) is 11.5 Å². The van der Waals surface area contributed by atoms with Gasteiger partial charge in [-0.3, -0.25) is 0 Å². The number of hydrogen-bond acceptors (Lipinski definition) is 4. The summed E-state index contributed by atoms with van der Waals surface area (Å²) in [6.07, 6.45) is 1.42. The summed E-state index contributed by atoms with van der Waals surface area (Å²) in [6, 6.07) is 5.74. The highest BCUT2D eigenvalue weighted by atomic mass is 16.6. The lowest BCUT2D eigenvalue weighted by atomic mass is 9.99. The van der Waals surface area contributed by atoms with E-state index in [9.17, 15) is 5.11 Å². The summed E-state index contributed by atoms with van der Waals surface area (Å²) in [6.45, 7) is 6.27. The predicted molar refractivity (Wildman–Crippen MR) is 74.8 cm³/mol. The molecule has 0 radical (unpaired) electrons. The van der Waals surface area contributed by atoms with Crippen LogP contribution >= 0.6 is 0 Å². The smallest absolute Gasteiger partial charge is 0.161 e. The van der Waals surface area contributed by atoms with Crippen LogP contribution in [0.25, 0.3) is 0 Å². The van der Waals surface area contributed by atoms with Crippen LogP contribution in [-0.2, 0) is 0 Å². The van der Waals surface area contributed by atoms with Gasteiger partial charge in [-0.15, -0.1) is 0 Å². The number of aliphatic hydroxyl groups excluding tert-OH is 1. The van der Waals surface area contributed by atoms with E-state index in [-0.39, 0.29) is 6.04 Å². The average Bonchev–Trinajstić information content (AvgIpc) is 2.47. The number of fused-ring (bicyclic) bond motifs is 1. The third-order valence-corrected chi connectivity index (χ3v) is 3.39. The first-order valence-electron chi connectivity index (χ1n) is 7.07. The maximum Gasteiger partial charge on any atom is 0.161 e. The van der Waals surface area contributed by atoms with E-state index in [1.54, 1.807) is 0 Å². The van der Waals surface area contributed by atoms with E-state index in [1.165, 1.54) is 0 Å². The van der Waals surface area contributed by atoms with E-state index in [0.717, 1.165) is 36.4 Å². The van der Waals surface area contributed by atoms with E-state index < -0.39 is 6.10 Å². The molecular weight excluding hydrogens is 242 g/mol. The molecule has 4 nitrogen and oxygen atoms in total. The van der Waals surface area contributed by atoms with Crippen LogP contribution in [0.2, 0.25) is 0 Å². The van der Waals surface area contributed by atoms with Crippen molar-refractivity contribution in [1.82, 2.24) is 5.32 Å². The zero-order chi connectivity index (χ0) is 13.7. The van der Waals surface area contributed by atoms with Gasteiger partial charge >= 0.3 is 0 Å². The highest BCUT2D eigenvalue weighted by Crippen LogP contribution is 2.33. The van der Waals surface area contributed by atoms with Crippen molar-refractivity contribution in [2.75, 3.05) is 19.8 Å². The largest absolute Gasteiger partial charge is 0.486 e. The molecule has 0 saturated heterocycles. The molecule has 4 heteroatoms. The quantitative estimate of drug-likeness (QED) is 0.828. The van der Waals surface area contributed by atoms with Crippen molar-refractivity contribution in [3.05, 3.63) is 23.8 Å². The van der Waals surface area contributed by atoms with Crippen LogP contribution in [0.4, 0.5) is 0 Å². The lowest BCUT2D eigenvalue weighted by Crippen LogP contribution is -2.35. The lowest BCUT2D eigenvalue weighted by Gasteiger charge is -2.25. The van der Waals surface area contributed by atoms with E-state index in [2.05, 4.69) is 19.2 Å². The molecule has 0 aromatic heterocycles.